The molecule has 0 unspecified atom stereocenters. The highest BCUT2D eigenvalue weighted by molar-refractivity contribution is 6.31. The summed E-state index contributed by atoms with van der Waals surface area (Å²) in [7, 11) is 0. The van der Waals surface area contributed by atoms with Crippen LogP contribution in [0.5, 0.6) is 5.75 Å². The van der Waals surface area contributed by atoms with E-state index in [0.717, 1.165) is 16.9 Å². The molecule has 196 valence electrons. The zero-order valence-corrected chi connectivity index (χ0v) is 22.5. The van der Waals surface area contributed by atoms with E-state index in [2.05, 4.69) is 5.32 Å². The second-order valence-electron chi connectivity index (χ2n) is 8.73. The van der Waals surface area contributed by atoms with Crippen molar-refractivity contribution >= 4 is 58.5 Å². The van der Waals surface area contributed by atoms with Crippen LogP contribution >= 0.6 is 23.2 Å². The van der Waals surface area contributed by atoms with Gasteiger partial charge in [0.1, 0.15) is 12.4 Å². The monoisotopic (exact) mass is 558 g/mol. The number of nitrogens with zero attached hydrogens (tertiary/aromatic N) is 1. The van der Waals surface area contributed by atoms with Gasteiger partial charge in [-0.2, -0.15) is 0 Å². The van der Waals surface area contributed by atoms with Crippen LogP contribution in [0.15, 0.2) is 90.6 Å². The number of benzene rings is 3. The van der Waals surface area contributed by atoms with E-state index in [1.165, 1.54) is 0 Å². The molecule has 4 aromatic rings. The summed E-state index contributed by atoms with van der Waals surface area (Å²) in [6.07, 6.45) is 5.46. The van der Waals surface area contributed by atoms with Crippen molar-refractivity contribution in [1.29, 1.82) is 0 Å². The number of halogens is 2. The highest BCUT2D eigenvalue weighted by atomic mass is 35.5. The highest BCUT2D eigenvalue weighted by Crippen LogP contribution is 2.30. The van der Waals surface area contributed by atoms with E-state index in [9.17, 15) is 9.59 Å². The Kier molecular flexibility index (Phi) is 7.87. The van der Waals surface area contributed by atoms with Gasteiger partial charge in [0.2, 0.25) is 0 Å². The minimum atomic E-state index is -0.444. The van der Waals surface area contributed by atoms with Crippen LogP contribution in [0.1, 0.15) is 23.7 Å². The van der Waals surface area contributed by atoms with Gasteiger partial charge in [0, 0.05) is 38.9 Å². The summed E-state index contributed by atoms with van der Waals surface area (Å²) in [5, 5.41) is 4.10. The van der Waals surface area contributed by atoms with Crippen molar-refractivity contribution < 1.29 is 19.1 Å². The van der Waals surface area contributed by atoms with Gasteiger partial charge in [-0.15, -0.1) is 0 Å². The minimum absolute atomic E-state index is 0.154. The molecule has 1 aromatic heterocycles. The quantitative estimate of drug-likeness (QED) is 0.191. The number of rotatable bonds is 7. The first-order chi connectivity index (χ1) is 18.9. The number of nitrogens with one attached hydrogen (secondary N) is 1. The lowest BCUT2D eigenvalue weighted by Crippen LogP contribution is -2.21. The van der Waals surface area contributed by atoms with Gasteiger partial charge in [-0.25, -0.2) is 4.79 Å². The van der Waals surface area contributed by atoms with Crippen molar-refractivity contribution in [1.82, 2.24) is 4.57 Å². The Morgan fingerprint density at radius 3 is 2.49 bits per heavy atom. The summed E-state index contributed by atoms with van der Waals surface area (Å²) in [5.74, 6) is -0.0453. The SMILES string of the molecule is CCOC(=O)/C(=C\c1cccn1-c1ccc(Cl)cc1)c1ccc(NC(=O)C2=Cc3cc(Cl)ccc3OC2)cc1. The molecule has 0 fully saturated rings. The third-order valence-corrected chi connectivity index (χ3v) is 6.59. The first-order valence-corrected chi connectivity index (χ1v) is 13.0. The van der Waals surface area contributed by atoms with Gasteiger partial charge in [-0.05, 0) is 91.4 Å². The Morgan fingerprint density at radius 1 is 1.00 bits per heavy atom. The molecule has 1 aliphatic rings. The van der Waals surface area contributed by atoms with Crippen molar-refractivity contribution in [3.8, 4) is 11.4 Å². The van der Waals surface area contributed by atoms with Crippen LogP contribution in [-0.2, 0) is 14.3 Å². The van der Waals surface area contributed by atoms with Gasteiger partial charge in [0.05, 0.1) is 17.8 Å². The summed E-state index contributed by atoms with van der Waals surface area (Å²) in [6.45, 7) is 2.16. The fraction of sp³-hybridized carbons (Fsp3) is 0.0968. The molecule has 1 aliphatic heterocycles. The summed E-state index contributed by atoms with van der Waals surface area (Å²) >= 11 is 12.1. The Bertz CT molecular complexity index is 1590. The molecule has 0 aliphatic carbocycles. The molecule has 0 saturated heterocycles. The first-order valence-electron chi connectivity index (χ1n) is 12.3. The van der Waals surface area contributed by atoms with Crippen LogP contribution in [0.25, 0.3) is 23.4 Å². The number of carbonyl (C=O) groups excluding carboxylic acids is 2. The molecule has 1 N–H and O–H groups in total. The highest BCUT2D eigenvalue weighted by Gasteiger charge is 2.19. The topological polar surface area (TPSA) is 69.6 Å². The van der Waals surface area contributed by atoms with E-state index in [1.54, 1.807) is 61.5 Å². The molecule has 0 atom stereocenters. The van der Waals surface area contributed by atoms with E-state index in [0.29, 0.717) is 38.2 Å². The normalized spacial score (nSPS) is 12.7. The number of hydrogen-bond donors (Lipinski definition) is 1. The van der Waals surface area contributed by atoms with E-state index >= 15 is 0 Å². The van der Waals surface area contributed by atoms with Gasteiger partial charge in [-0.1, -0.05) is 35.3 Å². The Morgan fingerprint density at radius 2 is 1.74 bits per heavy atom. The average molecular weight is 559 g/mol. The second kappa shape index (κ2) is 11.6. The summed E-state index contributed by atoms with van der Waals surface area (Å²) in [6, 6.07) is 23.6. The third-order valence-electron chi connectivity index (χ3n) is 6.10. The Balaban J connectivity index is 1.39. The van der Waals surface area contributed by atoms with Gasteiger partial charge < -0.3 is 19.4 Å². The number of hydrogen-bond acceptors (Lipinski definition) is 4. The maximum absolute atomic E-state index is 12.9. The van der Waals surface area contributed by atoms with Gasteiger partial charge in [0.25, 0.3) is 5.91 Å². The van der Waals surface area contributed by atoms with Crippen molar-refractivity contribution in [2.75, 3.05) is 18.5 Å². The van der Waals surface area contributed by atoms with Gasteiger partial charge >= 0.3 is 5.97 Å². The lowest BCUT2D eigenvalue weighted by molar-refractivity contribution is -0.136. The van der Waals surface area contributed by atoms with Crippen LogP contribution in [0, 0.1) is 0 Å². The van der Waals surface area contributed by atoms with Gasteiger partial charge in [0.15, 0.2) is 0 Å². The molecule has 1 amide bonds. The van der Waals surface area contributed by atoms with Crippen molar-refractivity contribution in [3.63, 3.8) is 0 Å². The number of ether oxygens (including phenoxy) is 2. The molecule has 2 heterocycles. The van der Waals surface area contributed by atoms with Crippen LogP contribution in [-0.4, -0.2) is 29.7 Å². The largest absolute Gasteiger partial charge is 0.488 e. The van der Waals surface area contributed by atoms with E-state index in [-0.39, 0.29) is 19.1 Å². The zero-order valence-electron chi connectivity index (χ0n) is 21.0. The molecular formula is C31H24Cl2N2O4. The molecule has 39 heavy (non-hydrogen) atoms. The van der Waals surface area contributed by atoms with Crippen LogP contribution in [0.3, 0.4) is 0 Å². The molecule has 0 spiro atoms. The van der Waals surface area contributed by atoms with Crippen molar-refractivity contribution in [3.05, 3.63) is 117 Å². The lowest BCUT2D eigenvalue weighted by Gasteiger charge is -2.18. The maximum atomic E-state index is 12.9. The van der Waals surface area contributed by atoms with Crippen molar-refractivity contribution in [2.45, 2.75) is 6.92 Å². The van der Waals surface area contributed by atoms with E-state index in [4.69, 9.17) is 32.7 Å². The molecular weight excluding hydrogens is 535 g/mol. The van der Waals surface area contributed by atoms with Crippen LogP contribution in [0.4, 0.5) is 5.69 Å². The molecule has 0 radical (unpaired) electrons. The summed E-state index contributed by atoms with van der Waals surface area (Å²) < 4.78 is 13.0. The average Bonchev–Trinajstić information content (AvgIpc) is 3.40. The van der Waals surface area contributed by atoms with Crippen molar-refractivity contribution in [2.24, 2.45) is 0 Å². The third kappa shape index (κ3) is 6.08. The number of amides is 1. The fourth-order valence-electron chi connectivity index (χ4n) is 4.19. The molecule has 3 aromatic carbocycles. The van der Waals surface area contributed by atoms with Crippen LogP contribution < -0.4 is 10.1 Å². The maximum Gasteiger partial charge on any atom is 0.338 e. The van der Waals surface area contributed by atoms with Gasteiger partial charge in [-0.3, -0.25) is 4.79 Å². The first kappa shape index (κ1) is 26.4. The molecule has 8 heteroatoms. The number of esters is 1. The van der Waals surface area contributed by atoms with E-state index in [1.807, 2.05) is 47.2 Å². The lowest BCUT2D eigenvalue weighted by atomic mass is 10.0. The summed E-state index contributed by atoms with van der Waals surface area (Å²) in [4.78, 5) is 25.8. The predicted octanol–water partition coefficient (Wildman–Crippen LogP) is 7.30. The number of aromatic nitrogens is 1. The number of carbonyl (C=O) groups is 2. The predicted molar refractivity (Wildman–Crippen MR) is 155 cm³/mol. The molecule has 5 rings (SSSR count). The number of anilines is 1. The summed E-state index contributed by atoms with van der Waals surface area (Å²) in [5.41, 5.74) is 4.55. The number of fused-ring (bicyclic) bond motifs is 1. The minimum Gasteiger partial charge on any atom is -0.488 e. The molecule has 0 saturated carbocycles. The molecule has 0 bridgehead atoms. The zero-order chi connectivity index (χ0) is 27.4. The van der Waals surface area contributed by atoms with Crippen LogP contribution in [0.2, 0.25) is 10.0 Å². The molecule has 6 nitrogen and oxygen atoms in total. The second-order valence-corrected chi connectivity index (χ2v) is 9.60. The standard InChI is InChI=1S/C31H24Cl2N2O4/c1-2-38-31(37)28(18-27-4-3-15-35(27)26-12-7-23(32)8-13-26)20-5-10-25(11-6-20)34-30(36)22-16-21-17-24(33)9-14-29(21)39-19-22/h3-18H,2,19H2,1H3,(H,34,36)/b28-18-. The Labute approximate surface area is 236 Å². The Hall–Kier alpha value is -4.26. The van der Waals surface area contributed by atoms with E-state index < -0.39 is 5.97 Å². The fourth-order valence-corrected chi connectivity index (χ4v) is 4.50. The smallest absolute Gasteiger partial charge is 0.338 e.